The Morgan fingerprint density at radius 3 is 1.01 bits per heavy atom. The molecule has 418 valence electrons. The van der Waals surface area contributed by atoms with Gasteiger partial charge in [-0.1, -0.05) is 200 Å². The van der Waals surface area contributed by atoms with Gasteiger partial charge < -0.3 is 18.3 Å². The minimum atomic E-state index is 0.550. The van der Waals surface area contributed by atoms with Crippen LogP contribution >= 0.6 is 0 Å². The summed E-state index contributed by atoms with van der Waals surface area (Å²) in [5.74, 6) is 1.72. The van der Waals surface area contributed by atoms with Gasteiger partial charge in [0, 0.05) is 76.7 Å². The zero-order valence-corrected chi connectivity index (χ0v) is 48.4. The minimum Gasteiger partial charge on any atom is -0.309 e. The molecule has 0 aliphatic rings. The molecule has 0 radical (unpaired) electrons. The van der Waals surface area contributed by atoms with E-state index in [4.69, 9.17) is 21.5 Å². The Bertz CT molecular complexity index is 5830. The first-order chi connectivity index (χ1) is 44.6. The maximum atomic E-state index is 8.66. The van der Waals surface area contributed by atoms with E-state index in [1.807, 2.05) is 78.9 Å². The first-order valence-electron chi connectivity index (χ1n) is 30.3. The quantitative estimate of drug-likeness (QED) is 0.135. The molecule has 18 aromatic rings. The molecule has 0 amide bonds. The second-order valence-corrected chi connectivity index (χ2v) is 23.0. The second-order valence-electron chi connectivity index (χ2n) is 23.0. The molecule has 18 rings (SSSR count). The fraction of sp³-hybridized carbons (Fsp3) is 0. The zero-order valence-electron chi connectivity index (χ0n) is 48.4. The molecule has 0 atom stereocenters. The van der Waals surface area contributed by atoms with Gasteiger partial charge in [-0.15, -0.1) is 0 Å². The summed E-state index contributed by atoms with van der Waals surface area (Å²) in [7, 11) is 0. The fourth-order valence-electron chi connectivity index (χ4n) is 14.1. The summed E-state index contributed by atoms with van der Waals surface area (Å²) in [5.41, 5.74) is 19.8. The molecule has 0 spiro atoms. The van der Waals surface area contributed by atoms with E-state index in [9.17, 15) is 0 Å². The summed E-state index contributed by atoms with van der Waals surface area (Å²) in [6, 6.07) is 108. The molecule has 13 aromatic carbocycles. The van der Waals surface area contributed by atoms with Gasteiger partial charge in [-0.2, -0.15) is 0 Å². The van der Waals surface area contributed by atoms with Crippen LogP contribution in [0.2, 0.25) is 0 Å². The molecule has 0 bridgehead atoms. The largest absolute Gasteiger partial charge is 0.309 e. The van der Waals surface area contributed by atoms with Crippen molar-refractivity contribution in [1.29, 1.82) is 0 Å². The molecule has 0 saturated carbocycles. The van der Waals surface area contributed by atoms with Crippen LogP contribution in [-0.4, -0.2) is 33.2 Å². The summed E-state index contributed by atoms with van der Waals surface area (Å²) in [6.45, 7) is 8.66. The SMILES string of the molecule is [C-]#[N+]c1ccccc1-c1cc(-c2cc(-c3nc(-c4ccccc4)nc(-c4ccccc4)n3)ccc2-n2c3ccccc3c3cc(-n4c5ccccc5c5ccccc54)ccc32)ccc1-n1c2ccccc2c2cc(-n3c4ccccc4c4ccccc43)ccc21. The molecular weight excluding hydrogens is 1100 g/mol. The van der Waals surface area contributed by atoms with Crippen LogP contribution in [0.15, 0.2) is 303 Å². The third-order valence-corrected chi connectivity index (χ3v) is 18.0. The van der Waals surface area contributed by atoms with Crippen molar-refractivity contribution in [3.8, 4) is 79.2 Å². The molecule has 8 heteroatoms. The van der Waals surface area contributed by atoms with Crippen LogP contribution in [0.25, 0.3) is 171 Å². The van der Waals surface area contributed by atoms with Gasteiger partial charge in [0.05, 0.1) is 62.1 Å². The zero-order chi connectivity index (χ0) is 59.4. The Balaban J connectivity index is 0.891. The van der Waals surface area contributed by atoms with Gasteiger partial charge in [0.25, 0.3) is 0 Å². The van der Waals surface area contributed by atoms with E-state index in [0.717, 1.165) is 127 Å². The Morgan fingerprint density at radius 1 is 0.233 bits per heavy atom. The lowest BCUT2D eigenvalue weighted by Gasteiger charge is -2.20. The van der Waals surface area contributed by atoms with Crippen LogP contribution in [0, 0.1) is 6.57 Å². The molecule has 0 unspecified atom stereocenters. The number of nitrogens with zero attached hydrogens (tertiary/aromatic N) is 8. The van der Waals surface area contributed by atoms with Crippen molar-refractivity contribution in [2.45, 2.75) is 0 Å². The maximum Gasteiger partial charge on any atom is 0.194 e. The van der Waals surface area contributed by atoms with E-state index >= 15 is 0 Å². The van der Waals surface area contributed by atoms with Crippen LogP contribution in [-0.2, 0) is 0 Å². The van der Waals surface area contributed by atoms with Gasteiger partial charge in [-0.25, -0.2) is 19.8 Å². The number of benzene rings is 13. The van der Waals surface area contributed by atoms with Crippen LogP contribution in [0.5, 0.6) is 0 Å². The lowest BCUT2D eigenvalue weighted by molar-refractivity contribution is 1.07. The van der Waals surface area contributed by atoms with Crippen molar-refractivity contribution in [3.63, 3.8) is 0 Å². The molecular formula is C82H50N8. The van der Waals surface area contributed by atoms with E-state index in [1.165, 1.54) is 21.5 Å². The third kappa shape index (κ3) is 7.90. The minimum absolute atomic E-state index is 0.550. The van der Waals surface area contributed by atoms with E-state index < -0.39 is 0 Å². The van der Waals surface area contributed by atoms with Crippen LogP contribution in [0.1, 0.15) is 0 Å². The molecule has 0 N–H and O–H groups in total. The lowest BCUT2D eigenvalue weighted by atomic mass is 9.94. The molecule has 8 nitrogen and oxygen atoms in total. The summed E-state index contributed by atoms with van der Waals surface area (Å²) >= 11 is 0. The second kappa shape index (κ2) is 20.3. The number of para-hydroxylation sites is 7. The first-order valence-corrected chi connectivity index (χ1v) is 30.3. The van der Waals surface area contributed by atoms with Crippen molar-refractivity contribution < 1.29 is 0 Å². The van der Waals surface area contributed by atoms with Crippen LogP contribution < -0.4 is 0 Å². The normalized spacial score (nSPS) is 11.8. The Hall–Kier alpha value is -12.4. The molecule has 0 fully saturated rings. The van der Waals surface area contributed by atoms with Crippen molar-refractivity contribution >= 4 is 92.9 Å². The lowest BCUT2D eigenvalue weighted by Crippen LogP contribution is -2.03. The predicted octanol–water partition coefficient (Wildman–Crippen LogP) is 21.1. The molecule has 0 aliphatic carbocycles. The van der Waals surface area contributed by atoms with Gasteiger partial charge >= 0.3 is 0 Å². The van der Waals surface area contributed by atoms with Crippen molar-refractivity contribution in [2.75, 3.05) is 0 Å². The van der Waals surface area contributed by atoms with E-state index in [0.29, 0.717) is 23.2 Å². The Labute approximate surface area is 517 Å². The molecule has 90 heavy (non-hydrogen) atoms. The molecule has 0 aliphatic heterocycles. The number of fused-ring (bicyclic) bond motifs is 12. The highest BCUT2D eigenvalue weighted by atomic mass is 15.0. The molecule has 5 heterocycles. The van der Waals surface area contributed by atoms with E-state index in [-0.39, 0.29) is 0 Å². The van der Waals surface area contributed by atoms with Crippen molar-refractivity contribution in [1.82, 2.24) is 33.2 Å². The van der Waals surface area contributed by atoms with Gasteiger partial charge in [0.15, 0.2) is 23.2 Å². The smallest absolute Gasteiger partial charge is 0.194 e. The molecule has 0 saturated heterocycles. The van der Waals surface area contributed by atoms with Crippen molar-refractivity contribution in [2.24, 2.45) is 0 Å². The monoisotopic (exact) mass is 1150 g/mol. The third-order valence-electron chi connectivity index (χ3n) is 18.0. The summed E-state index contributed by atoms with van der Waals surface area (Å²) in [4.78, 5) is 19.9. The van der Waals surface area contributed by atoms with Crippen molar-refractivity contribution in [3.05, 3.63) is 315 Å². The van der Waals surface area contributed by atoms with Crippen LogP contribution in [0.3, 0.4) is 0 Å². The number of aromatic nitrogens is 7. The number of rotatable bonds is 9. The van der Waals surface area contributed by atoms with E-state index in [1.54, 1.807) is 0 Å². The van der Waals surface area contributed by atoms with E-state index in [2.05, 4.69) is 248 Å². The van der Waals surface area contributed by atoms with Gasteiger partial charge in [0.2, 0.25) is 0 Å². The first kappa shape index (κ1) is 50.8. The highest BCUT2D eigenvalue weighted by Crippen LogP contribution is 2.46. The topological polar surface area (TPSA) is 62.8 Å². The summed E-state index contributed by atoms with van der Waals surface area (Å²) in [6.07, 6.45) is 0. The average Bonchev–Trinajstić information content (AvgIpc) is 3.88. The standard InChI is InChI=1S/C82H50N8/c1-83-69-33-15-8-26-58(69)66-48-54(40-44-77(66)90-75-39-21-14-32-64(75)68-51-57(43-47-79(68)90)88-72-36-18-11-29-61(72)62-30-12-19-37-73(62)88)65-49-55(82-85-80(52-22-4-2-5-23-52)84-81(86-82)53-24-6-3-7-25-53)41-45-76(65)89-74-38-20-13-31-63(74)67-50-56(42-46-78(67)89)87-70-34-16-9-27-59(70)60-28-10-17-35-71(60)87/h2-51H. The maximum absolute atomic E-state index is 8.66. The Kier molecular flexibility index (Phi) is 11.5. The highest BCUT2D eigenvalue weighted by molar-refractivity contribution is 6.15. The van der Waals surface area contributed by atoms with Gasteiger partial charge in [-0.05, 0) is 120 Å². The average molecular weight is 1150 g/mol. The van der Waals surface area contributed by atoms with Gasteiger partial charge in [0.1, 0.15) is 0 Å². The van der Waals surface area contributed by atoms with Crippen LogP contribution in [0.4, 0.5) is 5.69 Å². The summed E-state index contributed by atoms with van der Waals surface area (Å²) < 4.78 is 9.59. The number of hydrogen-bond acceptors (Lipinski definition) is 3. The molecule has 5 aromatic heterocycles. The fourth-order valence-corrected chi connectivity index (χ4v) is 14.1. The summed E-state index contributed by atoms with van der Waals surface area (Å²) in [5, 5.41) is 9.41. The highest BCUT2D eigenvalue weighted by Gasteiger charge is 2.24. The number of hydrogen-bond donors (Lipinski definition) is 0. The predicted molar refractivity (Wildman–Crippen MR) is 371 cm³/mol. The van der Waals surface area contributed by atoms with Gasteiger partial charge in [-0.3, -0.25) is 0 Å². The Morgan fingerprint density at radius 2 is 0.567 bits per heavy atom.